The number of hydroxylamine groups is 4. The van der Waals surface area contributed by atoms with E-state index in [1.165, 1.54) is 17.3 Å². The normalized spacial score (nSPS) is 14.8. The van der Waals surface area contributed by atoms with Gasteiger partial charge in [0.15, 0.2) is 0 Å². The van der Waals surface area contributed by atoms with Crippen molar-refractivity contribution in [1.82, 2.24) is 20.8 Å². The van der Waals surface area contributed by atoms with Crippen molar-refractivity contribution in [1.29, 1.82) is 0 Å². The molecular formula is C56H70N6O19. The number of anilines is 2. The molecule has 6 amide bonds. The lowest BCUT2D eigenvalue weighted by Crippen LogP contribution is -2.35. The zero-order chi connectivity index (χ0) is 57.7. The van der Waals surface area contributed by atoms with Crippen molar-refractivity contribution in [2.75, 3.05) is 115 Å². The maximum absolute atomic E-state index is 12.7. The van der Waals surface area contributed by atoms with Gasteiger partial charge in [-0.3, -0.25) is 28.8 Å². The van der Waals surface area contributed by atoms with Gasteiger partial charge in [0, 0.05) is 112 Å². The first-order valence-corrected chi connectivity index (χ1v) is 27.5. The van der Waals surface area contributed by atoms with Crippen LogP contribution in [0.15, 0.2) is 54.8 Å². The van der Waals surface area contributed by atoms with Crippen LogP contribution in [0.2, 0.25) is 0 Å². The van der Waals surface area contributed by atoms with Crippen LogP contribution in [0.4, 0.5) is 11.4 Å². The van der Waals surface area contributed by atoms with Crippen molar-refractivity contribution in [2.45, 2.75) is 90.9 Å². The number of carbonyl (C=O) groups is 8. The highest BCUT2D eigenvalue weighted by molar-refractivity contribution is 6.02. The Balaban J connectivity index is 0.000000240. The molecule has 2 aromatic heterocycles. The van der Waals surface area contributed by atoms with E-state index in [1.807, 2.05) is 26.0 Å². The lowest BCUT2D eigenvalue weighted by atomic mass is 9.90. The molecule has 0 aliphatic carbocycles. The Morgan fingerprint density at radius 3 is 1.63 bits per heavy atom. The van der Waals surface area contributed by atoms with Crippen molar-refractivity contribution in [2.24, 2.45) is 0 Å². The average Bonchev–Trinajstić information content (AvgIpc) is 4.12. The molecular weight excluding hydrogens is 1060 g/mol. The summed E-state index contributed by atoms with van der Waals surface area (Å²) < 4.78 is 38.1. The van der Waals surface area contributed by atoms with Gasteiger partial charge in [-0.2, -0.15) is 0 Å². The largest absolute Gasteiger partial charge is 0.422 e. The molecule has 6 heterocycles. The molecule has 0 atom stereocenters. The molecule has 8 rings (SSSR count). The van der Waals surface area contributed by atoms with Crippen LogP contribution < -0.4 is 31.7 Å². The number of unbranched alkanes of at least 4 members (excludes halogenated alkanes) is 1. The third kappa shape index (κ3) is 17.2. The van der Waals surface area contributed by atoms with Gasteiger partial charge in [0.05, 0.1) is 65.9 Å². The van der Waals surface area contributed by atoms with Crippen LogP contribution in [0.1, 0.15) is 110 Å². The molecule has 4 aliphatic heterocycles. The number of rotatable bonds is 30. The van der Waals surface area contributed by atoms with E-state index in [2.05, 4.69) is 26.5 Å². The van der Waals surface area contributed by atoms with Crippen molar-refractivity contribution in [3.63, 3.8) is 0 Å². The highest BCUT2D eigenvalue weighted by Crippen LogP contribution is 2.39. The molecule has 25 nitrogen and oxygen atoms in total. The van der Waals surface area contributed by atoms with Gasteiger partial charge in [0.2, 0.25) is 0 Å². The molecule has 4 aliphatic rings. The van der Waals surface area contributed by atoms with Gasteiger partial charge in [-0.1, -0.05) is 0 Å². The highest BCUT2D eigenvalue weighted by atomic mass is 16.7. The number of aryl methyl sites for hydroxylation is 2. The Labute approximate surface area is 466 Å². The number of hydrogen-bond acceptors (Lipinski definition) is 21. The predicted molar refractivity (Wildman–Crippen MR) is 289 cm³/mol. The summed E-state index contributed by atoms with van der Waals surface area (Å²) in [6.07, 6.45) is 5.13. The molecule has 81 heavy (non-hydrogen) atoms. The van der Waals surface area contributed by atoms with E-state index in [-0.39, 0.29) is 89.2 Å². The Morgan fingerprint density at radius 1 is 0.543 bits per heavy atom. The van der Waals surface area contributed by atoms with Gasteiger partial charge in [0.1, 0.15) is 22.3 Å². The van der Waals surface area contributed by atoms with Crippen molar-refractivity contribution in [3.05, 3.63) is 79.5 Å². The number of nitrogens with one attached hydrogen (secondary N) is 2. The predicted octanol–water partition coefficient (Wildman–Crippen LogP) is 3.45. The third-order valence-corrected chi connectivity index (χ3v) is 13.5. The molecule has 0 saturated carbocycles. The summed E-state index contributed by atoms with van der Waals surface area (Å²) in [7, 11) is 0. The summed E-state index contributed by atoms with van der Waals surface area (Å²) in [4.78, 5) is 133. The third-order valence-electron chi connectivity index (χ3n) is 13.5. The number of imide groups is 2. The quantitative estimate of drug-likeness (QED) is 0.0429. The van der Waals surface area contributed by atoms with Crippen molar-refractivity contribution in [3.8, 4) is 0 Å². The molecule has 2 saturated heterocycles. The van der Waals surface area contributed by atoms with Crippen molar-refractivity contribution >= 4 is 80.7 Å². The average molecular weight is 1130 g/mol. The van der Waals surface area contributed by atoms with E-state index in [9.17, 15) is 47.9 Å². The van der Waals surface area contributed by atoms with Crippen LogP contribution in [0.25, 0.3) is 21.9 Å². The van der Waals surface area contributed by atoms with Crippen LogP contribution >= 0.6 is 0 Å². The minimum absolute atomic E-state index is 0.0118. The van der Waals surface area contributed by atoms with E-state index < -0.39 is 58.6 Å². The van der Waals surface area contributed by atoms with Crippen LogP contribution in [-0.2, 0) is 75.0 Å². The molecule has 2 N–H and O–H groups in total. The van der Waals surface area contributed by atoms with E-state index in [0.29, 0.717) is 79.2 Å². The second-order valence-corrected chi connectivity index (χ2v) is 19.1. The Hall–Kier alpha value is -7.58. The first kappa shape index (κ1) is 61.0. The van der Waals surface area contributed by atoms with E-state index in [0.717, 1.165) is 68.5 Å². The number of ether oxygens (including phenoxy) is 5. The summed E-state index contributed by atoms with van der Waals surface area (Å²) in [6.45, 7) is 11.0. The molecule has 0 spiro atoms. The fourth-order valence-corrected chi connectivity index (χ4v) is 9.42. The molecule has 438 valence electrons. The van der Waals surface area contributed by atoms with Crippen molar-refractivity contribution < 1.29 is 80.6 Å². The fraction of sp³-hybridized carbons (Fsp3) is 0.536. The molecule has 4 aromatic rings. The molecule has 0 unspecified atom stereocenters. The van der Waals surface area contributed by atoms with Crippen LogP contribution in [0.5, 0.6) is 0 Å². The summed E-state index contributed by atoms with van der Waals surface area (Å²) in [5, 5.41) is 7.84. The summed E-state index contributed by atoms with van der Waals surface area (Å²) in [5.74, 6) is -4.46. The SMILES string of the molecule is CCN(CC)c1ccc2cc(C(=O)NCCOCCCCC(=O)ON3C(=O)CCC3=O)c(=O)oc2c1.O=C(CCOCCOCCOCCOCCNC(=O)c1cc2cc3c4c(c2oc1=O)CCCN4CCC3)ON1C(=O)CCC1=O. The number of fused-ring (bicyclic) bond motifs is 3. The smallest absolute Gasteiger partial charge is 0.349 e. The molecule has 0 radical (unpaired) electrons. The standard InChI is InChI=1S/C31H39N3O11.C25H31N3O8/c35-25-5-6-26(36)34(25)45-27(37)7-11-40-13-15-42-17-18-43-16-14-41-12-8-32-30(38)24-20-22-19-21-3-1-9-33-10-2-4-23(28(21)33)29(22)44-31(24)39;1-3-27(4-2)18-9-8-17-15-19(25(33)35-20(17)16-18)24(32)26-12-14-34-13-6-5-7-23(31)36-28-21(29)10-11-22(28)30/h19-20H,1-18H2,(H,32,38);8-9,15-16H,3-7,10-14H2,1-2H3,(H,26,32). The molecule has 2 fully saturated rings. The van der Waals surface area contributed by atoms with Crippen LogP contribution in [0.3, 0.4) is 0 Å². The number of benzene rings is 2. The molecule has 0 bridgehead atoms. The maximum atomic E-state index is 12.7. The first-order chi connectivity index (χ1) is 39.3. The van der Waals surface area contributed by atoms with Gasteiger partial charge < -0.3 is 62.6 Å². The lowest BCUT2D eigenvalue weighted by Gasteiger charge is -2.37. The highest BCUT2D eigenvalue weighted by Gasteiger charge is 2.34. The maximum Gasteiger partial charge on any atom is 0.349 e. The first-order valence-electron chi connectivity index (χ1n) is 27.5. The summed E-state index contributed by atoms with van der Waals surface area (Å²) in [6, 6.07) is 10.8. The second-order valence-electron chi connectivity index (χ2n) is 19.1. The number of nitrogens with zero attached hydrogens (tertiary/aromatic N) is 4. The molecule has 2 aromatic carbocycles. The number of hydrogen-bond donors (Lipinski definition) is 2. The Morgan fingerprint density at radius 2 is 1.05 bits per heavy atom. The van der Waals surface area contributed by atoms with E-state index in [4.69, 9.17) is 42.2 Å². The van der Waals surface area contributed by atoms with Gasteiger partial charge in [-0.15, -0.1) is 10.1 Å². The fourth-order valence-electron chi connectivity index (χ4n) is 9.42. The van der Waals surface area contributed by atoms with E-state index in [1.54, 1.807) is 12.1 Å². The van der Waals surface area contributed by atoms with Gasteiger partial charge in [-0.25, -0.2) is 19.2 Å². The molecule has 25 heteroatoms. The summed E-state index contributed by atoms with van der Waals surface area (Å²) >= 11 is 0. The second kappa shape index (κ2) is 30.9. The lowest BCUT2D eigenvalue weighted by molar-refractivity contribution is -0.198. The number of amides is 6. The monoisotopic (exact) mass is 1130 g/mol. The summed E-state index contributed by atoms with van der Waals surface area (Å²) in [5.41, 5.74) is 4.08. The topological polar surface area (TPSA) is 299 Å². The van der Waals surface area contributed by atoms with Crippen LogP contribution in [0, 0.1) is 0 Å². The van der Waals surface area contributed by atoms with E-state index >= 15 is 0 Å². The van der Waals surface area contributed by atoms with Gasteiger partial charge >= 0.3 is 23.2 Å². The van der Waals surface area contributed by atoms with Gasteiger partial charge in [0.25, 0.3) is 35.4 Å². The minimum Gasteiger partial charge on any atom is -0.422 e. The Kier molecular flexibility index (Phi) is 23.3. The Bertz CT molecular complexity index is 2990. The zero-order valence-electron chi connectivity index (χ0n) is 45.8. The van der Waals surface area contributed by atoms with Crippen LogP contribution in [-0.4, -0.2) is 163 Å². The minimum atomic E-state index is -0.714. The zero-order valence-corrected chi connectivity index (χ0v) is 45.8. The number of carbonyl (C=O) groups excluding carboxylic acids is 8. The van der Waals surface area contributed by atoms with Gasteiger partial charge in [-0.05, 0) is 88.3 Å².